The second-order valence-electron chi connectivity index (χ2n) is 4.82. The molecule has 0 aliphatic rings. The van der Waals surface area contributed by atoms with E-state index < -0.39 is 15.8 Å². The molecule has 0 bridgehead atoms. The first kappa shape index (κ1) is 18.0. The lowest BCUT2D eigenvalue weighted by atomic mass is 10.2. The summed E-state index contributed by atoms with van der Waals surface area (Å²) in [6.07, 6.45) is 0.649. The number of nitrogens with zero attached hydrogens (tertiary/aromatic N) is 1. The summed E-state index contributed by atoms with van der Waals surface area (Å²) in [4.78, 5) is -0.0681. The van der Waals surface area contributed by atoms with Crippen LogP contribution in [0.3, 0.4) is 0 Å². The van der Waals surface area contributed by atoms with Crippen LogP contribution < -0.4 is 5.73 Å². The first-order chi connectivity index (χ1) is 9.88. The van der Waals surface area contributed by atoms with Crippen LogP contribution in [0.15, 0.2) is 23.1 Å². The Hall–Kier alpha value is -1.02. The molecule has 0 spiro atoms. The van der Waals surface area contributed by atoms with Gasteiger partial charge in [0.2, 0.25) is 10.0 Å². The lowest BCUT2D eigenvalue weighted by Crippen LogP contribution is -2.41. The lowest BCUT2D eigenvalue weighted by molar-refractivity contribution is 0.167. The highest BCUT2D eigenvalue weighted by Gasteiger charge is 2.30. The second-order valence-corrected chi connectivity index (χ2v) is 6.68. The molecule has 1 aromatic rings. The van der Waals surface area contributed by atoms with Gasteiger partial charge in [-0.05, 0) is 31.0 Å². The average molecular weight is 318 g/mol. The third-order valence-corrected chi connectivity index (χ3v) is 5.53. The number of sulfonamides is 1. The summed E-state index contributed by atoms with van der Waals surface area (Å²) >= 11 is 0. The molecule has 2 N–H and O–H groups in total. The molecule has 21 heavy (non-hydrogen) atoms. The zero-order valence-corrected chi connectivity index (χ0v) is 13.5. The highest BCUT2D eigenvalue weighted by molar-refractivity contribution is 7.89. The average Bonchev–Trinajstić information content (AvgIpc) is 2.47. The van der Waals surface area contributed by atoms with Gasteiger partial charge in [-0.2, -0.15) is 4.31 Å². The van der Waals surface area contributed by atoms with Gasteiger partial charge in [0.1, 0.15) is 5.82 Å². The van der Waals surface area contributed by atoms with Gasteiger partial charge in [-0.3, -0.25) is 0 Å². The summed E-state index contributed by atoms with van der Waals surface area (Å²) in [5.74, 6) is -0.596. The van der Waals surface area contributed by atoms with Crippen LogP contribution in [0.2, 0.25) is 0 Å². The van der Waals surface area contributed by atoms with Gasteiger partial charge in [0.15, 0.2) is 0 Å². The summed E-state index contributed by atoms with van der Waals surface area (Å²) in [6.45, 7) is 4.24. The Morgan fingerprint density at radius 2 is 2.10 bits per heavy atom. The van der Waals surface area contributed by atoms with E-state index in [9.17, 15) is 12.8 Å². The van der Waals surface area contributed by atoms with Crippen molar-refractivity contribution in [2.75, 3.05) is 20.3 Å². The van der Waals surface area contributed by atoms with Crippen LogP contribution >= 0.6 is 0 Å². The number of methoxy groups -OCH3 is 1. The van der Waals surface area contributed by atoms with E-state index in [2.05, 4.69) is 0 Å². The molecule has 1 atom stereocenters. The monoisotopic (exact) mass is 318 g/mol. The fourth-order valence-corrected chi connectivity index (χ4v) is 3.96. The van der Waals surface area contributed by atoms with Crippen LogP contribution in [0.4, 0.5) is 4.39 Å². The van der Waals surface area contributed by atoms with Crippen molar-refractivity contribution in [3.8, 4) is 0 Å². The maximum absolute atomic E-state index is 13.5. The summed E-state index contributed by atoms with van der Waals surface area (Å²) in [5.41, 5.74) is 5.98. The van der Waals surface area contributed by atoms with Crippen LogP contribution in [-0.4, -0.2) is 39.0 Å². The molecule has 7 heteroatoms. The van der Waals surface area contributed by atoms with Gasteiger partial charge in [0, 0.05) is 26.2 Å². The van der Waals surface area contributed by atoms with Gasteiger partial charge in [-0.15, -0.1) is 0 Å². The third kappa shape index (κ3) is 4.23. The fourth-order valence-electron chi connectivity index (χ4n) is 2.03. The molecule has 1 unspecified atom stereocenters. The van der Waals surface area contributed by atoms with Crippen LogP contribution in [0, 0.1) is 5.82 Å². The molecule has 0 radical (unpaired) electrons. The first-order valence-electron chi connectivity index (χ1n) is 6.87. The number of hydrogen-bond donors (Lipinski definition) is 1. The van der Waals surface area contributed by atoms with E-state index in [4.69, 9.17) is 10.5 Å². The van der Waals surface area contributed by atoms with Gasteiger partial charge in [0.25, 0.3) is 0 Å². The molecule has 5 nitrogen and oxygen atoms in total. The Labute approximate surface area is 125 Å². The maximum Gasteiger partial charge on any atom is 0.243 e. The van der Waals surface area contributed by atoms with Crippen molar-refractivity contribution in [2.45, 2.75) is 37.8 Å². The number of benzene rings is 1. The molecule has 1 rings (SSSR count). The van der Waals surface area contributed by atoms with E-state index in [0.717, 1.165) is 6.07 Å². The number of hydrogen-bond acceptors (Lipinski definition) is 4. The van der Waals surface area contributed by atoms with Crippen molar-refractivity contribution >= 4 is 10.0 Å². The van der Waals surface area contributed by atoms with Crippen LogP contribution in [0.1, 0.15) is 25.8 Å². The Bertz CT molecular complexity index is 563. The molecule has 0 aliphatic heterocycles. The maximum atomic E-state index is 13.5. The molecular formula is C14H23FN2O3S. The summed E-state index contributed by atoms with van der Waals surface area (Å²) < 4.78 is 45.4. The van der Waals surface area contributed by atoms with Crippen molar-refractivity contribution in [2.24, 2.45) is 5.73 Å². The van der Waals surface area contributed by atoms with Crippen molar-refractivity contribution < 1.29 is 17.5 Å². The van der Waals surface area contributed by atoms with E-state index in [0.29, 0.717) is 12.0 Å². The number of nitrogens with two attached hydrogens (primary N) is 1. The summed E-state index contributed by atoms with van der Waals surface area (Å²) in [6, 6.07) is 3.44. The lowest BCUT2D eigenvalue weighted by Gasteiger charge is -2.28. The van der Waals surface area contributed by atoms with Gasteiger partial charge < -0.3 is 10.5 Å². The van der Waals surface area contributed by atoms with E-state index in [1.165, 1.54) is 23.5 Å². The normalized spacial score (nSPS) is 13.6. The number of rotatable bonds is 8. The molecule has 0 fully saturated rings. The van der Waals surface area contributed by atoms with E-state index in [1.807, 2.05) is 13.8 Å². The minimum absolute atomic E-state index is 0.0352. The van der Waals surface area contributed by atoms with Crippen LogP contribution in [-0.2, 0) is 21.3 Å². The molecule has 1 aromatic carbocycles. The Morgan fingerprint density at radius 3 is 2.62 bits per heavy atom. The smallest absolute Gasteiger partial charge is 0.243 e. The van der Waals surface area contributed by atoms with E-state index in [1.54, 1.807) is 0 Å². The predicted octanol–water partition coefficient (Wildman–Crippen LogP) is 1.72. The first-order valence-corrected chi connectivity index (χ1v) is 8.31. The fraction of sp³-hybridized carbons (Fsp3) is 0.571. The largest absolute Gasteiger partial charge is 0.383 e. The van der Waals surface area contributed by atoms with Gasteiger partial charge in [-0.25, -0.2) is 12.8 Å². The Morgan fingerprint density at radius 1 is 1.43 bits per heavy atom. The van der Waals surface area contributed by atoms with Crippen LogP contribution in [0.25, 0.3) is 0 Å². The minimum Gasteiger partial charge on any atom is -0.383 e. The van der Waals surface area contributed by atoms with Gasteiger partial charge in [0.05, 0.1) is 11.5 Å². The van der Waals surface area contributed by atoms with E-state index >= 15 is 0 Å². The SMILES string of the molecule is CCC(C)N(CCOC)S(=O)(=O)c1cc(F)ccc1CN. The molecule has 0 heterocycles. The van der Waals surface area contributed by atoms with Crippen molar-refractivity contribution in [1.29, 1.82) is 0 Å². The second kappa shape index (κ2) is 7.84. The molecule has 0 aliphatic carbocycles. The molecule has 0 saturated heterocycles. The van der Waals surface area contributed by atoms with Crippen molar-refractivity contribution in [1.82, 2.24) is 4.31 Å². The Kier molecular flexibility index (Phi) is 6.73. The van der Waals surface area contributed by atoms with Crippen molar-refractivity contribution in [3.05, 3.63) is 29.6 Å². The third-order valence-electron chi connectivity index (χ3n) is 3.43. The standard InChI is InChI=1S/C14H23FN2O3S/c1-4-11(2)17(7-8-20-3)21(18,19)14-9-13(15)6-5-12(14)10-16/h5-6,9,11H,4,7-8,10,16H2,1-3H3. The quantitative estimate of drug-likeness (QED) is 0.792. The molecular weight excluding hydrogens is 295 g/mol. The summed E-state index contributed by atoms with van der Waals surface area (Å²) in [5, 5.41) is 0. The molecule has 0 saturated carbocycles. The minimum atomic E-state index is -3.82. The Balaban J connectivity index is 3.31. The van der Waals surface area contributed by atoms with E-state index in [-0.39, 0.29) is 30.6 Å². The molecule has 0 aromatic heterocycles. The van der Waals surface area contributed by atoms with Crippen molar-refractivity contribution in [3.63, 3.8) is 0 Å². The number of ether oxygens (including phenoxy) is 1. The predicted molar refractivity (Wildman–Crippen MR) is 79.8 cm³/mol. The highest BCUT2D eigenvalue weighted by Crippen LogP contribution is 2.23. The van der Waals surface area contributed by atoms with Gasteiger partial charge >= 0.3 is 0 Å². The topological polar surface area (TPSA) is 72.6 Å². The number of halogens is 1. The highest BCUT2D eigenvalue weighted by atomic mass is 32.2. The molecule has 120 valence electrons. The van der Waals surface area contributed by atoms with Crippen LogP contribution in [0.5, 0.6) is 0 Å². The zero-order chi connectivity index (χ0) is 16.0. The van der Waals surface area contributed by atoms with Gasteiger partial charge in [-0.1, -0.05) is 13.0 Å². The molecule has 0 amide bonds. The zero-order valence-electron chi connectivity index (χ0n) is 12.7. The summed E-state index contributed by atoms with van der Waals surface area (Å²) in [7, 11) is -2.31.